The Bertz CT molecular complexity index is 2730. The molecule has 0 radical (unpaired) electrons. The van der Waals surface area contributed by atoms with Crippen molar-refractivity contribution in [1.29, 1.82) is 0 Å². The van der Waals surface area contributed by atoms with Crippen LogP contribution in [0, 0.1) is 34.3 Å². The summed E-state index contributed by atoms with van der Waals surface area (Å²) in [7, 11) is 1.65. The van der Waals surface area contributed by atoms with Crippen molar-refractivity contribution in [3.8, 4) is 23.2 Å². The van der Waals surface area contributed by atoms with Gasteiger partial charge in [0.1, 0.15) is 23.7 Å². The molecule has 0 bridgehead atoms. The summed E-state index contributed by atoms with van der Waals surface area (Å²) in [6, 6.07) is 2.94. The molecule has 0 saturated carbocycles. The van der Waals surface area contributed by atoms with E-state index >= 15 is 8.78 Å². The van der Waals surface area contributed by atoms with Gasteiger partial charge in [-0.05, 0) is 70.0 Å². The third kappa shape index (κ3) is 14.8. The van der Waals surface area contributed by atoms with E-state index in [9.17, 15) is 50.6 Å². The van der Waals surface area contributed by atoms with Gasteiger partial charge in [-0.25, -0.2) is 43.3 Å². The van der Waals surface area contributed by atoms with E-state index in [0.29, 0.717) is 61.4 Å². The molecule has 4 atom stereocenters. The third-order valence-electron chi connectivity index (χ3n) is 13.2. The molecule has 416 valence electrons. The number of nitrogens with one attached hydrogen (secondary N) is 4. The maximum Gasteiger partial charge on any atom is 0.407 e. The molecule has 6 rings (SSSR count). The van der Waals surface area contributed by atoms with Gasteiger partial charge in [-0.15, -0.1) is 0 Å². The second kappa shape index (κ2) is 24.8. The number of aromatic nitrogens is 4. The fourth-order valence-electron chi connectivity index (χ4n) is 8.02. The molecular weight excluding hydrogens is 1030 g/mol. The molecule has 4 heterocycles. The number of nitrogens with zero attached hydrogens (tertiary/aromatic N) is 7. The first-order valence-electron chi connectivity index (χ1n) is 23.8. The van der Waals surface area contributed by atoms with Crippen LogP contribution in [0.25, 0.3) is 11.4 Å². The predicted octanol–water partition coefficient (Wildman–Crippen LogP) is 4.68. The molecule has 27 heteroatoms. The largest absolute Gasteiger partial charge is 0.453 e. The maximum atomic E-state index is 16.0. The molecule has 2 aromatic heterocycles. The Kier molecular flexibility index (Phi) is 19.0. The van der Waals surface area contributed by atoms with Crippen LogP contribution in [-0.4, -0.2) is 162 Å². The molecule has 2 saturated heterocycles. The second-order valence-electron chi connectivity index (χ2n) is 19.2. The first-order chi connectivity index (χ1) is 36.2. The number of hydrazine groups is 1. The quantitative estimate of drug-likeness (QED) is 0.0518. The van der Waals surface area contributed by atoms with Crippen LogP contribution in [-0.2, 0) is 36.8 Å². The standard InChI is InChI=1S/C50H57F8N11O8/c1-47(2,49(53,54)55)39(64-45(73)75-5)42(71)63-37(20-30-11-8-29(9-12-30)10-13-31-23-61-44(62-24-31)68-18-16-67(17-19-68)33-27-77-28-33)38(70)26-69(66-43(72)40(65-46(74)76-6)48(3,4)50(56,57)58)25-34-35(51)21-32(22-36(34)52)41-59-14-7-15-60-41/h7-9,11-12,14-15,21-24,33,37-40,70H,16-20,25-28H2,1-6H3,(H,63,71)(H,64,73)(H,65,74)(H,66,72)/t37-,38-,39+,40+/m0/s1. The molecule has 0 aliphatic carbocycles. The summed E-state index contributed by atoms with van der Waals surface area (Å²) in [4.78, 5) is 74.1. The number of anilines is 1. The molecule has 4 amide bonds. The van der Waals surface area contributed by atoms with E-state index < -0.39 is 108 Å². The third-order valence-corrected chi connectivity index (χ3v) is 13.2. The normalized spacial score (nSPS) is 16.2. The van der Waals surface area contributed by atoms with Crippen LogP contribution in [0.3, 0.4) is 0 Å². The number of alkyl carbamates (subject to hydrolysis) is 2. The van der Waals surface area contributed by atoms with Gasteiger partial charge in [0.25, 0.3) is 5.91 Å². The number of methoxy groups -OCH3 is 2. The van der Waals surface area contributed by atoms with Crippen LogP contribution < -0.4 is 26.3 Å². The van der Waals surface area contributed by atoms with Crippen LogP contribution in [0.4, 0.5) is 50.7 Å². The lowest BCUT2D eigenvalue weighted by Crippen LogP contribution is -2.63. The zero-order valence-electron chi connectivity index (χ0n) is 42.6. The van der Waals surface area contributed by atoms with E-state index in [1.54, 1.807) is 24.5 Å². The van der Waals surface area contributed by atoms with Gasteiger partial charge in [-0.2, -0.15) is 26.3 Å². The van der Waals surface area contributed by atoms with E-state index in [-0.39, 0.29) is 11.4 Å². The number of carbonyl (C=O) groups excluding carboxylic acids is 4. The minimum Gasteiger partial charge on any atom is -0.453 e. The molecule has 5 N–H and O–H groups in total. The number of alkyl halides is 6. The van der Waals surface area contributed by atoms with Gasteiger partial charge in [-0.1, -0.05) is 24.0 Å². The highest BCUT2D eigenvalue weighted by Gasteiger charge is 2.57. The zero-order valence-corrected chi connectivity index (χ0v) is 42.6. The molecular formula is C50H57F8N11O8. The van der Waals surface area contributed by atoms with Crippen LogP contribution >= 0.6 is 0 Å². The first kappa shape index (κ1) is 59.0. The van der Waals surface area contributed by atoms with Crippen molar-refractivity contribution in [2.24, 2.45) is 10.8 Å². The fraction of sp³-hybridized carbons (Fsp3) is 0.480. The van der Waals surface area contributed by atoms with Crippen LogP contribution in [0.15, 0.2) is 67.3 Å². The Hall–Kier alpha value is -7.28. The average Bonchev–Trinajstić information content (AvgIpc) is 3.38. The number of ether oxygens (including phenoxy) is 3. The van der Waals surface area contributed by atoms with Crippen molar-refractivity contribution in [3.05, 3.63) is 101 Å². The van der Waals surface area contributed by atoms with Gasteiger partial charge >= 0.3 is 24.5 Å². The SMILES string of the molecule is COC(=O)N[C@H](C(=O)N[C@@H](Cc1ccc(C#Cc2cnc(N3CCN(C4COC4)CC3)nc2)cc1)[C@@H](O)CN(Cc1c(F)cc(-c2ncccn2)cc1F)NC(=O)[C@@H](NC(=O)OC)C(C)(C)C(F)(F)F)C(C)(C)C(F)(F)F. The molecule has 0 unspecified atom stereocenters. The van der Waals surface area contributed by atoms with E-state index in [4.69, 9.17) is 4.74 Å². The number of piperazine rings is 1. The minimum atomic E-state index is -5.19. The lowest BCUT2D eigenvalue weighted by molar-refractivity contribution is -0.221. The molecule has 77 heavy (non-hydrogen) atoms. The van der Waals surface area contributed by atoms with Gasteiger partial charge in [0.15, 0.2) is 5.82 Å². The number of halogens is 8. The molecule has 2 aromatic carbocycles. The summed E-state index contributed by atoms with van der Waals surface area (Å²) in [5.41, 5.74) is -3.73. The van der Waals surface area contributed by atoms with Gasteiger partial charge in [0, 0.05) is 80.7 Å². The Morgan fingerprint density at radius 1 is 0.766 bits per heavy atom. The molecule has 19 nitrogen and oxygen atoms in total. The van der Waals surface area contributed by atoms with Gasteiger partial charge in [0.2, 0.25) is 11.9 Å². The van der Waals surface area contributed by atoms with Crippen LogP contribution in [0.2, 0.25) is 0 Å². The molecule has 2 fully saturated rings. The number of aliphatic hydroxyl groups is 1. The van der Waals surface area contributed by atoms with Crippen molar-refractivity contribution in [1.82, 2.24) is 51.2 Å². The van der Waals surface area contributed by atoms with Crippen molar-refractivity contribution < 1.29 is 73.6 Å². The number of rotatable bonds is 18. The summed E-state index contributed by atoms with van der Waals surface area (Å²) in [5, 5.41) is 18.6. The lowest BCUT2D eigenvalue weighted by atomic mass is 9.82. The number of hydrogen-bond acceptors (Lipinski definition) is 15. The number of carbonyl (C=O) groups is 4. The van der Waals surface area contributed by atoms with E-state index in [1.165, 1.54) is 30.6 Å². The summed E-state index contributed by atoms with van der Waals surface area (Å²) in [6.45, 7) is 4.87. The highest BCUT2D eigenvalue weighted by atomic mass is 19.4. The van der Waals surface area contributed by atoms with Gasteiger partial charge in [0.05, 0.1) is 62.0 Å². The van der Waals surface area contributed by atoms with Crippen molar-refractivity contribution in [3.63, 3.8) is 0 Å². The second-order valence-corrected chi connectivity index (χ2v) is 19.2. The van der Waals surface area contributed by atoms with Crippen molar-refractivity contribution in [2.45, 2.75) is 83.3 Å². The monoisotopic (exact) mass is 1090 g/mol. The smallest absolute Gasteiger partial charge is 0.407 e. The van der Waals surface area contributed by atoms with Gasteiger partial charge < -0.3 is 40.2 Å². The molecule has 0 spiro atoms. The van der Waals surface area contributed by atoms with Gasteiger partial charge in [-0.3, -0.25) is 19.9 Å². The number of amides is 4. The summed E-state index contributed by atoms with van der Waals surface area (Å²) >= 11 is 0. The summed E-state index contributed by atoms with van der Waals surface area (Å²) in [5.74, 6) is 0.669. The minimum absolute atomic E-state index is 0.101. The Labute approximate surface area is 437 Å². The van der Waals surface area contributed by atoms with E-state index in [1.807, 2.05) is 10.6 Å². The summed E-state index contributed by atoms with van der Waals surface area (Å²) < 4.78 is 133. The highest BCUT2D eigenvalue weighted by molar-refractivity contribution is 5.87. The topological polar surface area (TPSA) is 226 Å². The van der Waals surface area contributed by atoms with Crippen molar-refractivity contribution in [2.75, 3.05) is 65.1 Å². The highest BCUT2D eigenvalue weighted by Crippen LogP contribution is 2.42. The molecule has 4 aromatic rings. The summed E-state index contributed by atoms with van der Waals surface area (Å²) in [6.07, 6.45) is -10.1. The zero-order chi connectivity index (χ0) is 56.5. The Morgan fingerprint density at radius 2 is 1.29 bits per heavy atom. The van der Waals surface area contributed by atoms with Crippen LogP contribution in [0.5, 0.6) is 0 Å². The van der Waals surface area contributed by atoms with Crippen molar-refractivity contribution >= 4 is 29.9 Å². The first-order valence-corrected chi connectivity index (χ1v) is 23.8. The predicted molar refractivity (Wildman–Crippen MR) is 259 cm³/mol. The molecule has 2 aliphatic rings. The van der Waals surface area contributed by atoms with E-state index in [0.717, 1.165) is 65.7 Å². The van der Waals surface area contributed by atoms with Crippen LogP contribution in [0.1, 0.15) is 49.9 Å². The number of hydrogen-bond donors (Lipinski definition) is 5. The number of aliphatic hydroxyl groups excluding tert-OH is 1. The lowest BCUT2D eigenvalue weighted by Gasteiger charge is -2.42. The number of benzene rings is 2. The van der Waals surface area contributed by atoms with E-state index in [2.05, 4.69) is 61.8 Å². The average molecular weight is 1090 g/mol. The Balaban J connectivity index is 1.31. The maximum absolute atomic E-state index is 16.0. The fourth-order valence-corrected chi connectivity index (χ4v) is 8.02. The Morgan fingerprint density at radius 3 is 1.78 bits per heavy atom. The molecule has 2 aliphatic heterocycles.